The number of hydrogen-bond donors (Lipinski definition) is 1. The lowest BCUT2D eigenvalue weighted by molar-refractivity contribution is 0.452. The van der Waals surface area contributed by atoms with Crippen LogP contribution in [0.3, 0.4) is 0 Å². The normalized spacial score (nSPS) is 11.8. The molecule has 0 aliphatic heterocycles. The molecule has 3 aromatic rings. The summed E-state index contributed by atoms with van der Waals surface area (Å²) in [5, 5.41) is 9.96. The van der Waals surface area contributed by atoms with E-state index >= 15 is 0 Å². The SMILES string of the molecule is O=S(=O)(Oc1ccc(O)c(S(=O)(=O)c2ccccc2)c1)c1ccccc1. The first-order valence-corrected chi connectivity index (χ1v) is 10.3. The summed E-state index contributed by atoms with van der Waals surface area (Å²) >= 11 is 0. The zero-order valence-electron chi connectivity index (χ0n) is 13.3. The molecular weight excluding hydrogens is 376 g/mol. The Morgan fingerprint density at radius 1 is 0.692 bits per heavy atom. The third kappa shape index (κ3) is 3.56. The van der Waals surface area contributed by atoms with Crippen LogP contribution in [0, 0.1) is 0 Å². The molecule has 0 bridgehead atoms. The van der Waals surface area contributed by atoms with Gasteiger partial charge in [-0.1, -0.05) is 36.4 Å². The summed E-state index contributed by atoms with van der Waals surface area (Å²) in [6, 6.07) is 18.2. The molecule has 3 rings (SSSR count). The highest BCUT2D eigenvalue weighted by atomic mass is 32.2. The van der Waals surface area contributed by atoms with Crippen LogP contribution in [-0.4, -0.2) is 21.9 Å². The van der Waals surface area contributed by atoms with Gasteiger partial charge in [-0.05, 0) is 36.4 Å². The van der Waals surface area contributed by atoms with Gasteiger partial charge < -0.3 is 9.29 Å². The molecule has 8 heteroatoms. The van der Waals surface area contributed by atoms with Gasteiger partial charge in [-0.3, -0.25) is 0 Å². The van der Waals surface area contributed by atoms with Gasteiger partial charge in [0.05, 0.1) is 4.90 Å². The quantitative estimate of drug-likeness (QED) is 0.673. The smallest absolute Gasteiger partial charge is 0.339 e. The van der Waals surface area contributed by atoms with Gasteiger partial charge in [-0.15, -0.1) is 0 Å². The van der Waals surface area contributed by atoms with E-state index in [1.807, 2.05) is 0 Å². The van der Waals surface area contributed by atoms with Crippen LogP contribution in [0.1, 0.15) is 0 Å². The Balaban J connectivity index is 2.02. The van der Waals surface area contributed by atoms with Crippen molar-refractivity contribution in [2.75, 3.05) is 0 Å². The van der Waals surface area contributed by atoms with E-state index in [2.05, 4.69) is 0 Å². The van der Waals surface area contributed by atoms with Gasteiger partial charge in [0.2, 0.25) is 9.84 Å². The predicted molar refractivity (Wildman–Crippen MR) is 94.3 cm³/mol. The minimum absolute atomic E-state index is 0.0293. The lowest BCUT2D eigenvalue weighted by Gasteiger charge is -2.10. The predicted octanol–water partition coefficient (Wildman–Crippen LogP) is 2.99. The minimum atomic E-state index is -4.13. The van der Waals surface area contributed by atoms with Gasteiger partial charge in [-0.25, -0.2) is 8.42 Å². The molecule has 0 aliphatic carbocycles. The van der Waals surface area contributed by atoms with Gasteiger partial charge in [0.15, 0.2) is 0 Å². The van der Waals surface area contributed by atoms with Gasteiger partial charge in [0, 0.05) is 6.07 Å². The number of benzene rings is 3. The Kier molecular flexibility index (Phi) is 4.71. The molecule has 6 nitrogen and oxygen atoms in total. The van der Waals surface area contributed by atoms with E-state index in [4.69, 9.17) is 4.18 Å². The van der Waals surface area contributed by atoms with Gasteiger partial charge in [0.1, 0.15) is 21.3 Å². The maximum atomic E-state index is 12.7. The Labute approximate surface area is 151 Å². The van der Waals surface area contributed by atoms with Gasteiger partial charge in [0.25, 0.3) is 0 Å². The first-order valence-electron chi connectivity index (χ1n) is 7.43. The monoisotopic (exact) mass is 390 g/mol. The van der Waals surface area contributed by atoms with E-state index in [0.29, 0.717) is 0 Å². The zero-order chi connectivity index (χ0) is 18.8. The largest absolute Gasteiger partial charge is 0.507 e. The molecule has 0 aliphatic rings. The number of rotatable bonds is 5. The summed E-state index contributed by atoms with van der Waals surface area (Å²) in [7, 11) is -8.17. The third-order valence-corrected chi connectivity index (χ3v) is 6.57. The highest BCUT2D eigenvalue weighted by Gasteiger charge is 2.24. The number of hydrogen-bond acceptors (Lipinski definition) is 6. The van der Waals surface area contributed by atoms with E-state index < -0.39 is 30.6 Å². The second-order valence-electron chi connectivity index (χ2n) is 5.30. The molecule has 0 fully saturated rings. The highest BCUT2D eigenvalue weighted by molar-refractivity contribution is 7.91. The van der Waals surface area contributed by atoms with Crippen molar-refractivity contribution in [1.82, 2.24) is 0 Å². The minimum Gasteiger partial charge on any atom is -0.507 e. The van der Waals surface area contributed by atoms with Crippen LogP contribution in [0.15, 0.2) is 93.5 Å². The van der Waals surface area contributed by atoms with Crippen LogP contribution in [0.25, 0.3) is 0 Å². The summed E-state index contributed by atoms with van der Waals surface area (Å²) in [4.78, 5) is -0.539. The number of phenolic OH excluding ortho intramolecular Hbond substituents is 1. The molecule has 134 valence electrons. The van der Waals surface area contributed by atoms with Crippen molar-refractivity contribution in [2.45, 2.75) is 14.7 Å². The van der Waals surface area contributed by atoms with E-state index in [0.717, 1.165) is 12.1 Å². The standard InChI is InChI=1S/C18H14O6S2/c19-17-12-11-14(24-26(22,23)16-9-5-2-6-10-16)13-18(17)25(20,21)15-7-3-1-4-8-15/h1-13,19H. The van der Waals surface area contributed by atoms with Crippen LogP contribution in [0.2, 0.25) is 0 Å². The Morgan fingerprint density at radius 3 is 1.81 bits per heavy atom. The maximum Gasteiger partial charge on any atom is 0.339 e. The Hall–Kier alpha value is -2.84. The molecule has 0 radical (unpaired) electrons. The Morgan fingerprint density at radius 2 is 1.23 bits per heavy atom. The maximum absolute atomic E-state index is 12.7. The molecule has 3 aromatic carbocycles. The number of phenols is 1. The topological polar surface area (TPSA) is 97.7 Å². The third-order valence-electron chi connectivity index (χ3n) is 3.51. The second-order valence-corrected chi connectivity index (χ2v) is 8.76. The lowest BCUT2D eigenvalue weighted by atomic mass is 10.3. The van der Waals surface area contributed by atoms with Crippen LogP contribution < -0.4 is 4.18 Å². The molecule has 0 amide bonds. The van der Waals surface area contributed by atoms with E-state index in [-0.39, 0.29) is 15.5 Å². The molecule has 0 heterocycles. The van der Waals surface area contributed by atoms with Gasteiger partial charge in [-0.2, -0.15) is 8.42 Å². The summed E-state index contributed by atoms with van der Waals surface area (Å²) in [6.07, 6.45) is 0. The summed E-state index contributed by atoms with van der Waals surface area (Å²) < 4.78 is 54.9. The first kappa shape index (κ1) is 18.0. The molecule has 1 N–H and O–H groups in total. The summed E-state index contributed by atoms with van der Waals surface area (Å²) in [5.74, 6) is -0.723. The average Bonchev–Trinajstić information content (AvgIpc) is 2.64. The summed E-state index contributed by atoms with van der Waals surface area (Å²) in [5.41, 5.74) is 0. The zero-order valence-corrected chi connectivity index (χ0v) is 14.9. The van der Waals surface area contributed by atoms with E-state index in [9.17, 15) is 21.9 Å². The van der Waals surface area contributed by atoms with Crippen LogP contribution in [0.4, 0.5) is 0 Å². The number of sulfone groups is 1. The highest BCUT2D eigenvalue weighted by Crippen LogP contribution is 2.32. The molecule has 0 saturated heterocycles. The van der Waals surface area contributed by atoms with Crippen LogP contribution >= 0.6 is 0 Å². The second kappa shape index (κ2) is 6.81. The van der Waals surface area contributed by atoms with Crippen molar-refractivity contribution < 1.29 is 26.1 Å². The first-order chi connectivity index (χ1) is 12.3. The van der Waals surface area contributed by atoms with Crippen molar-refractivity contribution >= 4 is 20.0 Å². The summed E-state index contributed by atoms with van der Waals surface area (Å²) in [6.45, 7) is 0. The molecule has 0 aromatic heterocycles. The van der Waals surface area contributed by atoms with Crippen LogP contribution in [-0.2, 0) is 20.0 Å². The molecule has 26 heavy (non-hydrogen) atoms. The molecule has 0 spiro atoms. The fourth-order valence-electron chi connectivity index (χ4n) is 2.25. The lowest BCUT2D eigenvalue weighted by Crippen LogP contribution is -2.10. The molecule has 0 saturated carbocycles. The molecular formula is C18H14O6S2. The fourth-order valence-corrected chi connectivity index (χ4v) is 4.58. The van der Waals surface area contributed by atoms with E-state index in [1.54, 1.807) is 36.4 Å². The molecule has 0 unspecified atom stereocenters. The average molecular weight is 390 g/mol. The Bertz CT molecular complexity index is 1120. The molecule has 0 atom stereocenters. The van der Waals surface area contributed by atoms with Crippen molar-refractivity contribution in [1.29, 1.82) is 0 Å². The van der Waals surface area contributed by atoms with Gasteiger partial charge >= 0.3 is 10.1 Å². The van der Waals surface area contributed by atoms with Crippen molar-refractivity contribution in [2.24, 2.45) is 0 Å². The number of aromatic hydroxyl groups is 1. The van der Waals surface area contributed by atoms with Crippen molar-refractivity contribution in [3.05, 3.63) is 78.9 Å². The van der Waals surface area contributed by atoms with Crippen molar-refractivity contribution in [3.63, 3.8) is 0 Å². The van der Waals surface area contributed by atoms with Crippen LogP contribution in [0.5, 0.6) is 11.5 Å². The van der Waals surface area contributed by atoms with Crippen molar-refractivity contribution in [3.8, 4) is 11.5 Å². The fraction of sp³-hybridized carbons (Fsp3) is 0. The van der Waals surface area contributed by atoms with E-state index in [1.165, 1.54) is 30.3 Å².